The molecule has 0 fully saturated rings. The zero-order chi connectivity index (χ0) is 17.8. The van der Waals surface area contributed by atoms with Crippen LogP contribution in [0.15, 0.2) is 27.2 Å². The van der Waals surface area contributed by atoms with Crippen LogP contribution in [0.4, 0.5) is 0 Å². The summed E-state index contributed by atoms with van der Waals surface area (Å²) in [7, 11) is 3.19. The molecule has 2 aromatic heterocycles. The third-order valence-corrected chi connectivity index (χ3v) is 4.04. The molecule has 25 heavy (non-hydrogen) atoms. The highest BCUT2D eigenvalue weighted by molar-refractivity contribution is 5.60. The first-order valence-electron chi connectivity index (χ1n) is 8.21. The Morgan fingerprint density at radius 3 is 2.44 bits per heavy atom. The molecular formula is C18H21N3O4. The van der Waals surface area contributed by atoms with Gasteiger partial charge in [0.2, 0.25) is 11.7 Å². The van der Waals surface area contributed by atoms with Crippen molar-refractivity contribution in [2.45, 2.75) is 33.1 Å². The average molecular weight is 343 g/mol. The van der Waals surface area contributed by atoms with Gasteiger partial charge in [0.15, 0.2) is 11.5 Å². The molecule has 0 N–H and O–H groups in total. The second kappa shape index (κ2) is 7.38. The minimum atomic E-state index is 0.503. The summed E-state index contributed by atoms with van der Waals surface area (Å²) in [6, 6.07) is 5.50. The number of hydrogen-bond donors (Lipinski definition) is 0. The van der Waals surface area contributed by atoms with Crippen LogP contribution in [0.25, 0.3) is 11.4 Å². The zero-order valence-electron chi connectivity index (χ0n) is 14.8. The lowest BCUT2D eigenvalue weighted by molar-refractivity contribution is 0.355. The van der Waals surface area contributed by atoms with Crippen molar-refractivity contribution in [2.24, 2.45) is 0 Å². The maximum Gasteiger partial charge on any atom is 0.231 e. The largest absolute Gasteiger partial charge is 0.493 e. The molecular weight excluding hydrogens is 322 g/mol. The fourth-order valence-corrected chi connectivity index (χ4v) is 2.71. The van der Waals surface area contributed by atoms with Crippen LogP contribution in [0.5, 0.6) is 11.5 Å². The second-order valence-corrected chi connectivity index (χ2v) is 5.50. The van der Waals surface area contributed by atoms with E-state index >= 15 is 0 Å². The van der Waals surface area contributed by atoms with E-state index in [0.717, 1.165) is 35.4 Å². The van der Waals surface area contributed by atoms with E-state index in [1.807, 2.05) is 32.0 Å². The molecule has 0 amide bonds. The van der Waals surface area contributed by atoms with Gasteiger partial charge in [0.1, 0.15) is 5.76 Å². The van der Waals surface area contributed by atoms with E-state index in [2.05, 4.69) is 15.3 Å². The number of methoxy groups -OCH3 is 2. The lowest BCUT2D eigenvalue weighted by Crippen LogP contribution is -1.96. The summed E-state index contributed by atoms with van der Waals surface area (Å²) in [5, 5.41) is 8.19. The van der Waals surface area contributed by atoms with E-state index in [1.54, 1.807) is 14.2 Å². The molecule has 0 saturated carbocycles. The Morgan fingerprint density at radius 2 is 1.76 bits per heavy atom. The van der Waals surface area contributed by atoms with Crippen molar-refractivity contribution in [2.75, 3.05) is 14.2 Å². The van der Waals surface area contributed by atoms with Gasteiger partial charge >= 0.3 is 0 Å². The summed E-state index contributed by atoms with van der Waals surface area (Å²) in [5.41, 5.74) is 2.76. The van der Waals surface area contributed by atoms with Crippen LogP contribution in [0.3, 0.4) is 0 Å². The first-order chi connectivity index (χ1) is 12.2. The monoisotopic (exact) mass is 343 g/mol. The van der Waals surface area contributed by atoms with Crippen LogP contribution in [0.2, 0.25) is 0 Å². The third-order valence-electron chi connectivity index (χ3n) is 4.04. The minimum absolute atomic E-state index is 0.503. The predicted octanol–water partition coefficient (Wildman–Crippen LogP) is 3.46. The first kappa shape index (κ1) is 17.0. The van der Waals surface area contributed by atoms with Gasteiger partial charge < -0.3 is 18.5 Å². The molecule has 1 aromatic carbocycles. The zero-order valence-corrected chi connectivity index (χ0v) is 14.8. The summed E-state index contributed by atoms with van der Waals surface area (Å²) in [4.78, 5) is 4.49. The molecule has 3 rings (SSSR count). The lowest BCUT2D eigenvalue weighted by Gasteiger charge is -2.07. The molecule has 0 spiro atoms. The average Bonchev–Trinajstić information content (AvgIpc) is 3.28. The maximum absolute atomic E-state index is 5.42. The number of benzene rings is 1. The normalized spacial score (nSPS) is 10.9. The molecule has 0 saturated heterocycles. The molecule has 0 aliphatic heterocycles. The number of nitrogens with zero attached hydrogens (tertiary/aromatic N) is 3. The first-order valence-corrected chi connectivity index (χ1v) is 8.21. The second-order valence-electron chi connectivity index (χ2n) is 5.50. The Bertz CT molecular complexity index is 832. The smallest absolute Gasteiger partial charge is 0.231 e. The highest BCUT2D eigenvalue weighted by Gasteiger charge is 2.18. The van der Waals surface area contributed by atoms with Gasteiger partial charge in [-0.1, -0.05) is 24.2 Å². The molecule has 7 nitrogen and oxygen atoms in total. The van der Waals surface area contributed by atoms with Gasteiger partial charge in [0.05, 0.1) is 26.3 Å². The molecule has 7 heteroatoms. The van der Waals surface area contributed by atoms with Gasteiger partial charge in [0.25, 0.3) is 0 Å². The Morgan fingerprint density at radius 1 is 0.960 bits per heavy atom. The summed E-state index contributed by atoms with van der Waals surface area (Å²) >= 11 is 0. The summed E-state index contributed by atoms with van der Waals surface area (Å²) in [6.45, 7) is 4.08. The van der Waals surface area contributed by atoms with Gasteiger partial charge in [-0.15, -0.1) is 0 Å². The summed E-state index contributed by atoms with van der Waals surface area (Å²) in [6.07, 6.45) is 2.09. The number of rotatable bonds is 7. The Kier molecular flexibility index (Phi) is 5.02. The molecule has 0 unspecified atom stereocenters. The number of ether oxygens (including phenoxy) is 2. The molecule has 0 radical (unpaired) electrons. The molecule has 132 valence electrons. The fourth-order valence-electron chi connectivity index (χ4n) is 2.71. The SMILES string of the molecule is CCc1noc(CC)c1Cc1nc(-c2ccc(OC)c(OC)c2)no1. The number of hydrogen-bond acceptors (Lipinski definition) is 7. The van der Waals surface area contributed by atoms with E-state index in [4.69, 9.17) is 18.5 Å². The van der Waals surface area contributed by atoms with Crippen molar-refractivity contribution in [1.29, 1.82) is 0 Å². The molecule has 0 aliphatic rings. The van der Waals surface area contributed by atoms with Crippen LogP contribution < -0.4 is 9.47 Å². The van der Waals surface area contributed by atoms with E-state index in [1.165, 1.54) is 0 Å². The van der Waals surface area contributed by atoms with Crippen molar-refractivity contribution >= 4 is 0 Å². The summed E-state index contributed by atoms with van der Waals surface area (Å²) < 4.78 is 21.4. The topological polar surface area (TPSA) is 83.4 Å². The molecule has 2 heterocycles. The van der Waals surface area contributed by atoms with E-state index in [0.29, 0.717) is 29.6 Å². The minimum Gasteiger partial charge on any atom is -0.493 e. The van der Waals surface area contributed by atoms with Gasteiger partial charge in [-0.2, -0.15) is 4.98 Å². The van der Waals surface area contributed by atoms with Crippen molar-refractivity contribution in [3.63, 3.8) is 0 Å². The van der Waals surface area contributed by atoms with Gasteiger partial charge in [0, 0.05) is 17.5 Å². The Balaban J connectivity index is 1.87. The Hall–Kier alpha value is -2.83. The van der Waals surface area contributed by atoms with Crippen LogP contribution in [-0.4, -0.2) is 29.5 Å². The molecule has 0 aliphatic carbocycles. The highest BCUT2D eigenvalue weighted by Crippen LogP contribution is 2.31. The van der Waals surface area contributed by atoms with Crippen LogP contribution in [0, 0.1) is 0 Å². The van der Waals surface area contributed by atoms with Crippen molar-refractivity contribution in [3.8, 4) is 22.9 Å². The number of aromatic nitrogens is 3. The van der Waals surface area contributed by atoms with Crippen molar-refractivity contribution < 1.29 is 18.5 Å². The van der Waals surface area contributed by atoms with Gasteiger partial charge in [-0.3, -0.25) is 0 Å². The fraction of sp³-hybridized carbons (Fsp3) is 0.389. The van der Waals surface area contributed by atoms with Crippen molar-refractivity contribution in [1.82, 2.24) is 15.3 Å². The quantitative estimate of drug-likeness (QED) is 0.649. The highest BCUT2D eigenvalue weighted by atomic mass is 16.5. The van der Waals surface area contributed by atoms with Crippen molar-refractivity contribution in [3.05, 3.63) is 41.1 Å². The molecule has 0 bridgehead atoms. The predicted molar refractivity (Wildman–Crippen MR) is 90.9 cm³/mol. The number of aryl methyl sites for hydroxylation is 2. The standard InChI is InChI=1S/C18H21N3O4/c1-5-13-12(14(6-2)24-20-13)10-17-19-18(21-25-17)11-7-8-15(22-3)16(9-11)23-4/h7-9H,5-6,10H2,1-4H3. The molecule has 0 atom stereocenters. The summed E-state index contributed by atoms with van der Waals surface area (Å²) in [5.74, 6) is 3.16. The van der Waals surface area contributed by atoms with Crippen LogP contribution in [-0.2, 0) is 19.3 Å². The molecule has 3 aromatic rings. The van der Waals surface area contributed by atoms with Crippen LogP contribution in [0.1, 0.15) is 36.8 Å². The van der Waals surface area contributed by atoms with E-state index in [-0.39, 0.29) is 0 Å². The lowest BCUT2D eigenvalue weighted by atomic mass is 10.1. The van der Waals surface area contributed by atoms with Gasteiger partial charge in [-0.05, 0) is 24.6 Å². The maximum atomic E-state index is 5.42. The van der Waals surface area contributed by atoms with Gasteiger partial charge in [-0.25, -0.2) is 0 Å². The van der Waals surface area contributed by atoms with E-state index in [9.17, 15) is 0 Å². The van der Waals surface area contributed by atoms with Crippen LogP contribution >= 0.6 is 0 Å². The van der Waals surface area contributed by atoms with E-state index < -0.39 is 0 Å². The third kappa shape index (κ3) is 3.35. The Labute approximate surface area is 145 Å².